The van der Waals surface area contributed by atoms with E-state index in [4.69, 9.17) is 0 Å². The van der Waals surface area contributed by atoms with Gasteiger partial charge in [0.05, 0.1) is 12.7 Å². The molecule has 4 rings (SSSR count). The maximum absolute atomic E-state index is 4.43. The second kappa shape index (κ2) is 7.41. The second-order valence-corrected chi connectivity index (χ2v) is 7.13. The van der Waals surface area contributed by atoms with Crippen molar-refractivity contribution in [2.24, 2.45) is 0 Å². The van der Waals surface area contributed by atoms with Crippen LogP contribution in [0, 0.1) is 6.92 Å². The molecule has 0 aliphatic carbocycles. The molecule has 0 radical (unpaired) electrons. The number of nitrogens with zero attached hydrogens (tertiary/aromatic N) is 5. The fourth-order valence-corrected chi connectivity index (χ4v) is 3.88. The Balaban J connectivity index is 1.52. The summed E-state index contributed by atoms with van der Waals surface area (Å²) in [4.78, 5) is 6.92. The van der Waals surface area contributed by atoms with Gasteiger partial charge in [-0.15, -0.1) is 0 Å². The molecule has 3 heterocycles. The molecular formula is C20H26N6. The third kappa shape index (κ3) is 3.42. The first-order valence-electron chi connectivity index (χ1n) is 9.44. The van der Waals surface area contributed by atoms with Crippen LogP contribution in [0.25, 0.3) is 11.1 Å². The highest BCUT2D eigenvalue weighted by molar-refractivity contribution is 5.66. The van der Waals surface area contributed by atoms with Crippen LogP contribution in [0.1, 0.15) is 42.8 Å². The molecule has 1 N–H and O–H groups in total. The lowest BCUT2D eigenvalue weighted by atomic mass is 9.90. The first-order chi connectivity index (χ1) is 12.7. The molecule has 1 fully saturated rings. The van der Waals surface area contributed by atoms with Gasteiger partial charge in [0.25, 0.3) is 0 Å². The average Bonchev–Trinajstić information content (AvgIpc) is 3.32. The molecular weight excluding hydrogens is 324 g/mol. The SMILES string of the molecule is CCn1ncnc1CN1CCCC(c2[nH]ncc2-c2ccc(C)cc2)C1. The number of aromatic amines is 1. The molecule has 1 unspecified atom stereocenters. The number of piperidine rings is 1. The minimum absolute atomic E-state index is 0.473. The van der Waals surface area contributed by atoms with Crippen LogP contribution < -0.4 is 0 Å². The van der Waals surface area contributed by atoms with Gasteiger partial charge in [-0.1, -0.05) is 29.8 Å². The van der Waals surface area contributed by atoms with Crippen molar-refractivity contribution in [1.82, 2.24) is 29.9 Å². The van der Waals surface area contributed by atoms with Crippen LogP contribution in [-0.2, 0) is 13.1 Å². The number of hydrogen-bond acceptors (Lipinski definition) is 4. The van der Waals surface area contributed by atoms with E-state index in [2.05, 4.69) is 63.3 Å². The van der Waals surface area contributed by atoms with Crippen LogP contribution in [0.15, 0.2) is 36.8 Å². The highest BCUT2D eigenvalue weighted by Crippen LogP contribution is 2.33. The minimum Gasteiger partial charge on any atom is -0.295 e. The van der Waals surface area contributed by atoms with Crippen molar-refractivity contribution in [3.05, 3.63) is 53.9 Å². The number of nitrogens with one attached hydrogen (secondary N) is 1. The normalized spacial score (nSPS) is 18.3. The van der Waals surface area contributed by atoms with Crippen LogP contribution in [0.5, 0.6) is 0 Å². The molecule has 0 bridgehead atoms. The number of rotatable bonds is 5. The molecule has 6 heteroatoms. The molecule has 1 atom stereocenters. The summed E-state index contributed by atoms with van der Waals surface area (Å²) in [5.41, 5.74) is 5.01. The fraction of sp³-hybridized carbons (Fsp3) is 0.450. The summed E-state index contributed by atoms with van der Waals surface area (Å²) in [6.45, 7) is 8.09. The Hall–Kier alpha value is -2.47. The number of benzene rings is 1. The molecule has 1 saturated heterocycles. The first-order valence-corrected chi connectivity index (χ1v) is 9.44. The largest absolute Gasteiger partial charge is 0.295 e. The zero-order valence-corrected chi connectivity index (χ0v) is 15.5. The maximum atomic E-state index is 4.43. The summed E-state index contributed by atoms with van der Waals surface area (Å²) in [6.07, 6.45) is 6.01. The van der Waals surface area contributed by atoms with Crippen LogP contribution in [-0.4, -0.2) is 43.0 Å². The number of H-pyrrole nitrogens is 1. The minimum atomic E-state index is 0.473. The molecule has 0 amide bonds. The van der Waals surface area contributed by atoms with Gasteiger partial charge >= 0.3 is 0 Å². The quantitative estimate of drug-likeness (QED) is 0.766. The summed E-state index contributed by atoms with van der Waals surface area (Å²) >= 11 is 0. The van der Waals surface area contributed by atoms with Crippen molar-refractivity contribution in [1.29, 1.82) is 0 Å². The van der Waals surface area contributed by atoms with Gasteiger partial charge in [-0.2, -0.15) is 10.2 Å². The molecule has 3 aromatic rings. The van der Waals surface area contributed by atoms with Crippen molar-refractivity contribution >= 4 is 0 Å². The van der Waals surface area contributed by atoms with Crippen molar-refractivity contribution in [2.75, 3.05) is 13.1 Å². The lowest BCUT2D eigenvalue weighted by Gasteiger charge is -2.32. The third-order valence-electron chi connectivity index (χ3n) is 5.31. The molecule has 136 valence electrons. The fourth-order valence-electron chi connectivity index (χ4n) is 3.88. The van der Waals surface area contributed by atoms with Crippen LogP contribution in [0.4, 0.5) is 0 Å². The Morgan fingerprint density at radius 2 is 2.08 bits per heavy atom. The summed E-state index contributed by atoms with van der Waals surface area (Å²) in [5.74, 6) is 1.53. The lowest BCUT2D eigenvalue weighted by Crippen LogP contribution is -2.35. The van der Waals surface area contributed by atoms with Gasteiger partial charge < -0.3 is 0 Å². The summed E-state index contributed by atoms with van der Waals surface area (Å²) < 4.78 is 1.98. The highest BCUT2D eigenvalue weighted by Gasteiger charge is 2.26. The van der Waals surface area contributed by atoms with E-state index in [-0.39, 0.29) is 0 Å². The van der Waals surface area contributed by atoms with Crippen LogP contribution >= 0.6 is 0 Å². The van der Waals surface area contributed by atoms with Gasteiger partial charge in [-0.05, 0) is 38.8 Å². The molecule has 0 spiro atoms. The van der Waals surface area contributed by atoms with Gasteiger partial charge in [0.2, 0.25) is 0 Å². The van der Waals surface area contributed by atoms with Gasteiger partial charge in [0, 0.05) is 30.3 Å². The number of hydrogen-bond donors (Lipinski definition) is 1. The highest BCUT2D eigenvalue weighted by atomic mass is 15.3. The van der Waals surface area contributed by atoms with Crippen molar-refractivity contribution in [2.45, 2.75) is 45.7 Å². The molecule has 1 aromatic carbocycles. The Bertz CT molecular complexity index is 847. The Labute approximate surface area is 154 Å². The van der Waals surface area contributed by atoms with E-state index < -0.39 is 0 Å². The molecule has 26 heavy (non-hydrogen) atoms. The molecule has 1 aliphatic rings. The van der Waals surface area contributed by atoms with Crippen molar-refractivity contribution in [3.63, 3.8) is 0 Å². The van der Waals surface area contributed by atoms with E-state index in [0.29, 0.717) is 5.92 Å². The molecule has 2 aromatic heterocycles. The van der Waals surface area contributed by atoms with E-state index in [1.165, 1.54) is 35.2 Å². The van der Waals surface area contributed by atoms with Gasteiger partial charge in [-0.3, -0.25) is 10.00 Å². The van der Waals surface area contributed by atoms with E-state index in [0.717, 1.165) is 32.0 Å². The summed E-state index contributed by atoms with van der Waals surface area (Å²) in [7, 11) is 0. The van der Waals surface area contributed by atoms with Gasteiger partial charge in [-0.25, -0.2) is 9.67 Å². The van der Waals surface area contributed by atoms with E-state index in [1.54, 1.807) is 6.33 Å². The number of aryl methyl sites for hydroxylation is 2. The Kier molecular flexibility index (Phi) is 4.84. The van der Waals surface area contributed by atoms with E-state index in [1.807, 2.05) is 10.9 Å². The monoisotopic (exact) mass is 350 g/mol. The van der Waals surface area contributed by atoms with Crippen LogP contribution in [0.3, 0.4) is 0 Å². The molecule has 0 saturated carbocycles. The molecule has 6 nitrogen and oxygen atoms in total. The number of aromatic nitrogens is 5. The zero-order valence-electron chi connectivity index (χ0n) is 15.5. The summed E-state index contributed by atoms with van der Waals surface area (Å²) in [5, 5.41) is 11.9. The van der Waals surface area contributed by atoms with Crippen molar-refractivity contribution < 1.29 is 0 Å². The standard InChI is InChI=1S/C20H26N6/c1-3-26-19(21-14-23-26)13-25-10-4-5-17(12-25)20-18(11-22-24-20)16-8-6-15(2)7-9-16/h6-9,11,14,17H,3-5,10,12-13H2,1-2H3,(H,22,24). The zero-order chi connectivity index (χ0) is 17.9. The van der Waals surface area contributed by atoms with Crippen LogP contribution in [0.2, 0.25) is 0 Å². The smallest absolute Gasteiger partial charge is 0.140 e. The Morgan fingerprint density at radius 1 is 1.23 bits per heavy atom. The van der Waals surface area contributed by atoms with E-state index in [9.17, 15) is 0 Å². The maximum Gasteiger partial charge on any atom is 0.140 e. The summed E-state index contributed by atoms with van der Waals surface area (Å²) in [6, 6.07) is 8.70. The van der Waals surface area contributed by atoms with Gasteiger partial charge in [0.15, 0.2) is 0 Å². The first kappa shape index (κ1) is 17.0. The third-order valence-corrected chi connectivity index (χ3v) is 5.31. The predicted molar refractivity (Wildman–Crippen MR) is 102 cm³/mol. The predicted octanol–water partition coefficient (Wildman–Crippen LogP) is 3.38. The average molecular weight is 350 g/mol. The van der Waals surface area contributed by atoms with Gasteiger partial charge in [0.1, 0.15) is 12.2 Å². The molecule has 1 aliphatic heterocycles. The van der Waals surface area contributed by atoms with Crippen molar-refractivity contribution in [3.8, 4) is 11.1 Å². The van der Waals surface area contributed by atoms with E-state index >= 15 is 0 Å². The Morgan fingerprint density at radius 3 is 2.88 bits per heavy atom. The lowest BCUT2D eigenvalue weighted by molar-refractivity contribution is 0.191. The topological polar surface area (TPSA) is 62.6 Å². The number of likely N-dealkylation sites (tertiary alicyclic amines) is 1. The second-order valence-electron chi connectivity index (χ2n) is 7.13.